The van der Waals surface area contributed by atoms with Crippen LogP contribution in [-0.4, -0.2) is 36.7 Å². The summed E-state index contributed by atoms with van der Waals surface area (Å²) in [4.78, 5) is 14.1. The van der Waals surface area contributed by atoms with Crippen LogP contribution in [0.5, 0.6) is 5.75 Å². The van der Waals surface area contributed by atoms with E-state index in [1.165, 1.54) is 6.42 Å². The van der Waals surface area contributed by atoms with E-state index in [4.69, 9.17) is 27.9 Å². The zero-order valence-corrected chi connectivity index (χ0v) is 17.0. The maximum absolute atomic E-state index is 11.9. The Labute approximate surface area is 175 Å². The third-order valence-corrected chi connectivity index (χ3v) is 5.10. The number of hydrazone groups is 1. The molecule has 0 radical (unpaired) electrons. The Morgan fingerprint density at radius 2 is 1.86 bits per heavy atom. The van der Waals surface area contributed by atoms with Gasteiger partial charge >= 0.3 is 0 Å². The molecule has 2 aromatic carbocycles. The highest BCUT2D eigenvalue weighted by molar-refractivity contribution is 6.35. The Morgan fingerprint density at radius 3 is 2.57 bits per heavy atom. The minimum Gasteiger partial charge on any atom is -0.489 e. The van der Waals surface area contributed by atoms with Crippen molar-refractivity contribution in [2.24, 2.45) is 5.10 Å². The molecular formula is C21H23Cl2N3O2. The highest BCUT2D eigenvalue weighted by Crippen LogP contribution is 2.22. The molecule has 1 heterocycles. The maximum atomic E-state index is 11.9. The Balaban J connectivity index is 1.44. The monoisotopic (exact) mass is 419 g/mol. The predicted octanol–water partition coefficient (Wildman–Crippen LogP) is 4.51. The summed E-state index contributed by atoms with van der Waals surface area (Å²) in [5, 5.41) is 5.21. The molecule has 7 heteroatoms. The number of likely N-dealkylation sites (tertiary alicyclic amines) is 1. The van der Waals surface area contributed by atoms with Crippen LogP contribution in [-0.2, 0) is 11.4 Å². The molecule has 0 atom stereocenters. The fourth-order valence-electron chi connectivity index (χ4n) is 2.98. The van der Waals surface area contributed by atoms with Gasteiger partial charge in [0.1, 0.15) is 12.4 Å². The molecule has 1 amide bonds. The summed E-state index contributed by atoms with van der Waals surface area (Å²) >= 11 is 12.0. The van der Waals surface area contributed by atoms with Gasteiger partial charge in [-0.05, 0) is 67.9 Å². The second-order valence-electron chi connectivity index (χ2n) is 6.72. The number of hydrogen-bond acceptors (Lipinski definition) is 4. The van der Waals surface area contributed by atoms with E-state index in [0.717, 1.165) is 42.8 Å². The fraction of sp³-hybridized carbons (Fsp3) is 0.333. The molecule has 0 unspecified atom stereocenters. The highest BCUT2D eigenvalue weighted by Gasteiger charge is 2.13. The van der Waals surface area contributed by atoms with Crippen molar-refractivity contribution >= 4 is 35.3 Å². The molecule has 28 heavy (non-hydrogen) atoms. The summed E-state index contributed by atoms with van der Waals surface area (Å²) in [5.74, 6) is 0.634. The van der Waals surface area contributed by atoms with Gasteiger partial charge < -0.3 is 4.74 Å². The first-order chi connectivity index (χ1) is 13.6. The first-order valence-electron chi connectivity index (χ1n) is 9.31. The minimum absolute atomic E-state index is 0.0852. The van der Waals surface area contributed by atoms with Gasteiger partial charge in [0.2, 0.25) is 0 Å². The van der Waals surface area contributed by atoms with Crippen LogP contribution in [0.2, 0.25) is 10.0 Å². The number of piperidine rings is 1. The number of amides is 1. The maximum Gasteiger partial charge on any atom is 0.254 e. The van der Waals surface area contributed by atoms with Crippen LogP contribution in [0.15, 0.2) is 47.6 Å². The van der Waals surface area contributed by atoms with Crippen molar-refractivity contribution in [3.8, 4) is 5.75 Å². The molecule has 0 aliphatic carbocycles. The molecule has 5 nitrogen and oxygen atoms in total. The number of carbonyl (C=O) groups excluding carboxylic acids is 1. The van der Waals surface area contributed by atoms with E-state index in [1.54, 1.807) is 18.3 Å². The molecule has 0 bridgehead atoms. The van der Waals surface area contributed by atoms with Crippen molar-refractivity contribution < 1.29 is 9.53 Å². The molecule has 0 saturated carbocycles. The number of nitrogens with one attached hydrogen (secondary N) is 1. The van der Waals surface area contributed by atoms with Crippen molar-refractivity contribution in [3.05, 3.63) is 63.6 Å². The summed E-state index contributed by atoms with van der Waals surface area (Å²) in [6.07, 6.45) is 5.20. The van der Waals surface area contributed by atoms with Crippen molar-refractivity contribution in [1.29, 1.82) is 0 Å². The number of carbonyl (C=O) groups is 1. The average Bonchev–Trinajstić information content (AvgIpc) is 2.69. The molecule has 1 N–H and O–H groups in total. The standard InChI is InChI=1S/C21H23Cl2N3O2/c22-18-7-6-17(20(23)12-18)15-28-19-8-4-16(5-9-19)13-24-25-21(27)14-26-10-2-1-3-11-26/h4-9,12-13H,1-3,10-11,14-15H2,(H,25,27). The lowest BCUT2D eigenvalue weighted by molar-refractivity contribution is -0.122. The van der Waals surface area contributed by atoms with Crippen molar-refractivity contribution in [2.45, 2.75) is 25.9 Å². The van der Waals surface area contributed by atoms with Gasteiger partial charge in [-0.3, -0.25) is 9.69 Å². The number of nitrogens with zero attached hydrogens (tertiary/aromatic N) is 2. The summed E-state index contributed by atoms with van der Waals surface area (Å²) < 4.78 is 5.75. The predicted molar refractivity (Wildman–Crippen MR) is 113 cm³/mol. The number of hydrogen-bond donors (Lipinski definition) is 1. The lowest BCUT2D eigenvalue weighted by atomic mass is 10.1. The quantitative estimate of drug-likeness (QED) is 0.530. The second-order valence-corrected chi connectivity index (χ2v) is 7.57. The Kier molecular flexibility index (Phi) is 7.71. The third-order valence-electron chi connectivity index (χ3n) is 4.51. The number of benzene rings is 2. The topological polar surface area (TPSA) is 53.9 Å². The van der Waals surface area contributed by atoms with E-state index in [9.17, 15) is 4.79 Å². The van der Waals surface area contributed by atoms with Crippen LogP contribution in [0, 0.1) is 0 Å². The molecule has 0 spiro atoms. The number of rotatable bonds is 7. The molecule has 1 saturated heterocycles. The van der Waals surface area contributed by atoms with Crippen LogP contribution in [0.4, 0.5) is 0 Å². The lowest BCUT2D eigenvalue weighted by Crippen LogP contribution is -2.38. The lowest BCUT2D eigenvalue weighted by Gasteiger charge is -2.25. The van der Waals surface area contributed by atoms with Crippen LogP contribution in [0.3, 0.4) is 0 Å². The highest BCUT2D eigenvalue weighted by atomic mass is 35.5. The molecule has 0 aromatic heterocycles. The van der Waals surface area contributed by atoms with Gasteiger partial charge in [0.05, 0.1) is 12.8 Å². The van der Waals surface area contributed by atoms with Gasteiger partial charge in [-0.2, -0.15) is 5.10 Å². The van der Waals surface area contributed by atoms with Gasteiger partial charge in [0.25, 0.3) is 5.91 Å². The van der Waals surface area contributed by atoms with Crippen LogP contribution in [0.1, 0.15) is 30.4 Å². The van der Waals surface area contributed by atoms with E-state index in [1.807, 2.05) is 30.3 Å². The van der Waals surface area contributed by atoms with Crippen LogP contribution < -0.4 is 10.2 Å². The minimum atomic E-state index is -0.0852. The first kappa shape index (κ1) is 20.6. The molecule has 148 valence electrons. The molecule has 1 aliphatic heterocycles. The summed E-state index contributed by atoms with van der Waals surface area (Å²) in [6, 6.07) is 12.8. The zero-order chi connectivity index (χ0) is 19.8. The zero-order valence-electron chi connectivity index (χ0n) is 15.5. The summed E-state index contributed by atoms with van der Waals surface area (Å²) in [6.45, 7) is 2.73. The smallest absolute Gasteiger partial charge is 0.254 e. The van der Waals surface area contributed by atoms with E-state index in [-0.39, 0.29) is 5.91 Å². The molecule has 3 rings (SSSR count). The van der Waals surface area contributed by atoms with Gasteiger partial charge in [-0.25, -0.2) is 5.43 Å². The van der Waals surface area contributed by atoms with Gasteiger partial charge in [0.15, 0.2) is 0 Å². The first-order valence-corrected chi connectivity index (χ1v) is 10.1. The Hall–Kier alpha value is -2.08. The number of ether oxygens (including phenoxy) is 1. The summed E-state index contributed by atoms with van der Waals surface area (Å²) in [5.41, 5.74) is 4.32. The fourth-order valence-corrected chi connectivity index (χ4v) is 3.45. The van der Waals surface area contributed by atoms with Crippen molar-refractivity contribution in [3.63, 3.8) is 0 Å². The Morgan fingerprint density at radius 1 is 1.11 bits per heavy atom. The van der Waals surface area contributed by atoms with E-state index >= 15 is 0 Å². The van der Waals surface area contributed by atoms with E-state index < -0.39 is 0 Å². The second kappa shape index (κ2) is 10.5. The molecular weight excluding hydrogens is 397 g/mol. The van der Waals surface area contributed by atoms with Crippen LogP contribution >= 0.6 is 23.2 Å². The number of halogens is 2. The largest absolute Gasteiger partial charge is 0.489 e. The van der Waals surface area contributed by atoms with E-state index in [0.29, 0.717) is 23.2 Å². The normalized spacial score (nSPS) is 14.9. The van der Waals surface area contributed by atoms with Gasteiger partial charge in [-0.15, -0.1) is 0 Å². The van der Waals surface area contributed by atoms with Gasteiger partial charge in [0, 0.05) is 15.6 Å². The average molecular weight is 420 g/mol. The third kappa shape index (κ3) is 6.51. The van der Waals surface area contributed by atoms with Crippen molar-refractivity contribution in [1.82, 2.24) is 10.3 Å². The molecule has 1 fully saturated rings. The van der Waals surface area contributed by atoms with Gasteiger partial charge in [-0.1, -0.05) is 35.7 Å². The molecule has 2 aromatic rings. The van der Waals surface area contributed by atoms with Crippen molar-refractivity contribution in [2.75, 3.05) is 19.6 Å². The molecule has 1 aliphatic rings. The Bertz CT molecular complexity index is 819. The van der Waals surface area contributed by atoms with E-state index in [2.05, 4.69) is 15.4 Å². The SMILES string of the molecule is O=C(CN1CCCCC1)NN=Cc1ccc(OCc2ccc(Cl)cc2Cl)cc1. The van der Waals surface area contributed by atoms with Crippen LogP contribution in [0.25, 0.3) is 0 Å². The summed E-state index contributed by atoms with van der Waals surface area (Å²) in [7, 11) is 0.